The van der Waals surface area contributed by atoms with Crippen molar-refractivity contribution >= 4 is 0 Å². The molecule has 0 bridgehead atoms. The zero-order valence-corrected chi connectivity index (χ0v) is 8.32. The van der Waals surface area contributed by atoms with Gasteiger partial charge >= 0.3 is 0 Å². The molecule has 0 saturated heterocycles. The molecular weight excluding hydrogens is 136 g/mol. The zero-order chi connectivity index (χ0) is 8.95. The van der Waals surface area contributed by atoms with E-state index in [1.54, 1.807) is 0 Å². The second kappa shape index (κ2) is 16.5. The molecule has 0 aromatic carbocycles. The molecule has 0 amide bonds. The average molecular weight is 160 g/mol. The van der Waals surface area contributed by atoms with Gasteiger partial charge in [0.25, 0.3) is 0 Å². The molecule has 11 heavy (non-hydrogen) atoms. The first-order valence-corrected chi connectivity index (χ1v) is 4.74. The van der Waals surface area contributed by atoms with Gasteiger partial charge in [0.1, 0.15) is 0 Å². The minimum absolute atomic E-state index is 0.825. The van der Waals surface area contributed by atoms with Crippen LogP contribution in [0.5, 0.6) is 0 Å². The quantitative estimate of drug-likeness (QED) is 0.601. The molecule has 70 valence electrons. The maximum absolute atomic E-state index is 5.28. The fourth-order valence-electron chi connectivity index (χ4n) is 0.571. The van der Waals surface area contributed by atoms with E-state index in [0.29, 0.717) is 0 Å². The highest BCUT2D eigenvalue weighted by atomic mass is 14.8. The lowest BCUT2D eigenvalue weighted by atomic mass is 10.3. The van der Waals surface area contributed by atoms with Gasteiger partial charge in [-0.05, 0) is 32.5 Å². The predicted octanol–water partition coefficient (Wildman–Crippen LogP) is 1.75. The zero-order valence-electron chi connectivity index (χ0n) is 8.32. The van der Waals surface area contributed by atoms with Gasteiger partial charge in [-0.2, -0.15) is 0 Å². The second-order valence-electron chi connectivity index (χ2n) is 2.56. The molecule has 0 atom stereocenters. The van der Waals surface area contributed by atoms with E-state index in [1.165, 1.54) is 12.8 Å². The summed E-state index contributed by atoms with van der Waals surface area (Å²) in [6.45, 7) is 9.38. The van der Waals surface area contributed by atoms with Crippen molar-refractivity contribution in [2.45, 2.75) is 40.0 Å². The van der Waals surface area contributed by atoms with Crippen molar-refractivity contribution in [2.24, 2.45) is 5.73 Å². The Labute approximate surface area is 71.6 Å². The molecule has 0 radical (unpaired) electrons. The summed E-state index contributed by atoms with van der Waals surface area (Å²) in [7, 11) is 0. The molecule has 0 spiro atoms. The van der Waals surface area contributed by atoms with Crippen LogP contribution in [0.3, 0.4) is 0 Å². The van der Waals surface area contributed by atoms with Crippen molar-refractivity contribution in [3.05, 3.63) is 0 Å². The fraction of sp³-hybridized carbons (Fsp3) is 1.00. The third-order valence-electron chi connectivity index (χ3n) is 1.06. The number of nitrogens with one attached hydrogen (secondary N) is 1. The van der Waals surface area contributed by atoms with E-state index in [9.17, 15) is 0 Å². The molecule has 0 saturated carbocycles. The molecule has 0 aliphatic carbocycles. The Hall–Kier alpha value is -0.0800. The van der Waals surface area contributed by atoms with Gasteiger partial charge in [-0.3, -0.25) is 0 Å². The monoisotopic (exact) mass is 160 g/mol. The Bertz CT molecular complexity index is 40.8. The molecule has 0 aromatic heterocycles. The van der Waals surface area contributed by atoms with Crippen LogP contribution in [0.1, 0.15) is 40.0 Å². The summed E-state index contributed by atoms with van der Waals surface area (Å²) in [4.78, 5) is 0. The summed E-state index contributed by atoms with van der Waals surface area (Å²) in [6.07, 6.45) is 3.61. The molecule has 0 fully saturated rings. The SMILES string of the molecule is CCC.CCNCCCCN. The number of hydrogen-bond donors (Lipinski definition) is 2. The Morgan fingerprint density at radius 2 is 1.64 bits per heavy atom. The van der Waals surface area contributed by atoms with E-state index < -0.39 is 0 Å². The van der Waals surface area contributed by atoms with Crippen molar-refractivity contribution in [3.8, 4) is 0 Å². The van der Waals surface area contributed by atoms with Crippen LogP contribution in [0.4, 0.5) is 0 Å². The van der Waals surface area contributed by atoms with Gasteiger partial charge in [-0.1, -0.05) is 27.2 Å². The maximum atomic E-state index is 5.28. The first kappa shape index (κ1) is 13.5. The van der Waals surface area contributed by atoms with Crippen LogP contribution in [-0.4, -0.2) is 19.6 Å². The van der Waals surface area contributed by atoms with E-state index in [0.717, 1.165) is 26.1 Å². The van der Waals surface area contributed by atoms with Crippen molar-refractivity contribution < 1.29 is 0 Å². The number of unbranched alkanes of at least 4 members (excludes halogenated alkanes) is 1. The Balaban J connectivity index is 0. The largest absolute Gasteiger partial charge is 0.330 e. The molecule has 0 aromatic rings. The smallest absolute Gasteiger partial charge is 0.00486 e. The van der Waals surface area contributed by atoms with Gasteiger partial charge < -0.3 is 11.1 Å². The second-order valence-corrected chi connectivity index (χ2v) is 2.56. The predicted molar refractivity (Wildman–Crippen MR) is 52.8 cm³/mol. The van der Waals surface area contributed by atoms with Crippen LogP contribution in [-0.2, 0) is 0 Å². The first-order valence-electron chi connectivity index (χ1n) is 4.74. The summed E-state index contributed by atoms with van der Waals surface area (Å²) in [5.41, 5.74) is 5.28. The molecule has 0 aliphatic rings. The van der Waals surface area contributed by atoms with E-state index >= 15 is 0 Å². The van der Waals surface area contributed by atoms with Crippen molar-refractivity contribution in [2.75, 3.05) is 19.6 Å². The first-order chi connectivity index (χ1) is 5.33. The third-order valence-corrected chi connectivity index (χ3v) is 1.06. The van der Waals surface area contributed by atoms with Crippen LogP contribution in [0.15, 0.2) is 0 Å². The third kappa shape index (κ3) is 25.7. The molecule has 0 rings (SSSR count). The lowest BCUT2D eigenvalue weighted by molar-refractivity contribution is 0.646. The standard InChI is InChI=1S/C6H16N2.C3H8/c1-2-8-6-4-3-5-7;1-3-2/h8H,2-7H2,1H3;3H2,1-2H3. The van der Waals surface area contributed by atoms with Gasteiger partial charge in [0.2, 0.25) is 0 Å². The molecule has 2 heteroatoms. The molecule has 0 aliphatic heterocycles. The van der Waals surface area contributed by atoms with Crippen LogP contribution in [0, 0.1) is 0 Å². The summed E-state index contributed by atoms with van der Waals surface area (Å²) >= 11 is 0. The highest BCUT2D eigenvalue weighted by molar-refractivity contribution is 4.44. The summed E-state index contributed by atoms with van der Waals surface area (Å²) < 4.78 is 0. The summed E-state index contributed by atoms with van der Waals surface area (Å²) in [5.74, 6) is 0. The number of rotatable bonds is 5. The maximum Gasteiger partial charge on any atom is -0.00486 e. The van der Waals surface area contributed by atoms with Crippen molar-refractivity contribution in [1.82, 2.24) is 5.32 Å². The minimum Gasteiger partial charge on any atom is -0.330 e. The Morgan fingerprint density at radius 1 is 1.09 bits per heavy atom. The van der Waals surface area contributed by atoms with E-state index in [2.05, 4.69) is 26.1 Å². The van der Waals surface area contributed by atoms with E-state index in [-0.39, 0.29) is 0 Å². The van der Waals surface area contributed by atoms with Gasteiger partial charge in [-0.15, -0.1) is 0 Å². The molecule has 0 unspecified atom stereocenters. The van der Waals surface area contributed by atoms with Crippen molar-refractivity contribution in [1.29, 1.82) is 0 Å². The molecule has 2 nitrogen and oxygen atoms in total. The normalized spacial score (nSPS) is 8.73. The highest BCUT2D eigenvalue weighted by Gasteiger charge is 1.81. The Morgan fingerprint density at radius 3 is 2.00 bits per heavy atom. The number of nitrogens with two attached hydrogens (primary N) is 1. The van der Waals surface area contributed by atoms with Crippen LogP contribution < -0.4 is 11.1 Å². The lowest BCUT2D eigenvalue weighted by Gasteiger charge is -1.97. The minimum atomic E-state index is 0.825. The summed E-state index contributed by atoms with van der Waals surface area (Å²) in [6, 6.07) is 0. The van der Waals surface area contributed by atoms with Crippen molar-refractivity contribution in [3.63, 3.8) is 0 Å². The van der Waals surface area contributed by atoms with E-state index in [4.69, 9.17) is 5.73 Å². The fourth-order valence-corrected chi connectivity index (χ4v) is 0.571. The van der Waals surface area contributed by atoms with E-state index in [1.807, 2.05) is 0 Å². The van der Waals surface area contributed by atoms with Gasteiger partial charge in [0, 0.05) is 0 Å². The summed E-state index contributed by atoms with van der Waals surface area (Å²) in [5, 5.41) is 3.23. The topological polar surface area (TPSA) is 38.0 Å². The van der Waals surface area contributed by atoms with Crippen LogP contribution in [0.2, 0.25) is 0 Å². The lowest BCUT2D eigenvalue weighted by Crippen LogP contribution is -2.15. The Kier molecular flexibility index (Phi) is 20.2. The highest BCUT2D eigenvalue weighted by Crippen LogP contribution is 1.80. The van der Waals surface area contributed by atoms with Crippen LogP contribution in [0.25, 0.3) is 0 Å². The average Bonchev–Trinajstić information content (AvgIpc) is 2.00. The van der Waals surface area contributed by atoms with Gasteiger partial charge in [0.05, 0.1) is 0 Å². The molecular formula is C9H24N2. The molecule has 0 heterocycles. The molecule has 3 N–H and O–H groups in total. The van der Waals surface area contributed by atoms with Crippen LogP contribution >= 0.6 is 0 Å². The number of hydrogen-bond acceptors (Lipinski definition) is 2. The van der Waals surface area contributed by atoms with Gasteiger partial charge in [0.15, 0.2) is 0 Å². The van der Waals surface area contributed by atoms with Gasteiger partial charge in [-0.25, -0.2) is 0 Å².